The third-order valence-corrected chi connectivity index (χ3v) is 7.81. The van der Waals surface area contributed by atoms with E-state index in [9.17, 15) is 9.59 Å². The molecule has 0 unspecified atom stereocenters. The third kappa shape index (κ3) is 5.22. The number of hydrogen-bond donors (Lipinski definition) is 1. The first-order valence-electron chi connectivity index (χ1n) is 13.7. The molecule has 1 saturated carbocycles. The Bertz CT molecular complexity index is 1300. The van der Waals surface area contributed by atoms with Crippen molar-refractivity contribution < 1.29 is 9.59 Å². The molecule has 1 N–H and O–H groups in total. The molecule has 4 heterocycles. The van der Waals surface area contributed by atoms with Crippen LogP contribution in [0.15, 0.2) is 30.6 Å². The lowest BCUT2D eigenvalue weighted by Crippen LogP contribution is -2.40. The summed E-state index contributed by atoms with van der Waals surface area (Å²) in [6.45, 7) is 3.62. The molecule has 10 heteroatoms. The molecular formula is C28H38N8O2. The summed E-state index contributed by atoms with van der Waals surface area (Å²) < 4.78 is 2.10. The Labute approximate surface area is 224 Å². The summed E-state index contributed by atoms with van der Waals surface area (Å²) in [5.74, 6) is 1.12. The van der Waals surface area contributed by atoms with Gasteiger partial charge in [0.05, 0.1) is 11.9 Å². The van der Waals surface area contributed by atoms with Crippen molar-refractivity contribution in [2.75, 3.05) is 44.4 Å². The second-order valence-electron chi connectivity index (χ2n) is 10.7. The van der Waals surface area contributed by atoms with Gasteiger partial charge in [0.15, 0.2) is 0 Å². The third-order valence-electron chi connectivity index (χ3n) is 7.81. The number of nitrogens with zero attached hydrogens (tertiary/aromatic N) is 7. The van der Waals surface area contributed by atoms with Crippen molar-refractivity contribution in [1.29, 1.82) is 0 Å². The minimum atomic E-state index is -0.0305. The molecule has 0 aromatic carbocycles. The van der Waals surface area contributed by atoms with Crippen LogP contribution in [0.2, 0.25) is 0 Å². The van der Waals surface area contributed by atoms with Crippen LogP contribution >= 0.6 is 0 Å². The van der Waals surface area contributed by atoms with E-state index < -0.39 is 0 Å². The zero-order valence-corrected chi connectivity index (χ0v) is 22.9. The first-order valence-corrected chi connectivity index (χ1v) is 13.7. The molecule has 3 aromatic heterocycles. The zero-order chi connectivity index (χ0) is 26.8. The monoisotopic (exact) mass is 518 g/mol. The van der Waals surface area contributed by atoms with Crippen LogP contribution in [0.25, 0.3) is 11.0 Å². The highest BCUT2D eigenvalue weighted by Gasteiger charge is 2.28. The van der Waals surface area contributed by atoms with E-state index in [1.807, 2.05) is 23.1 Å². The molecule has 202 valence electrons. The predicted octanol–water partition coefficient (Wildman–Crippen LogP) is 4.22. The van der Waals surface area contributed by atoms with Gasteiger partial charge in [-0.05, 0) is 44.5 Å². The lowest BCUT2D eigenvalue weighted by molar-refractivity contribution is -0.118. The van der Waals surface area contributed by atoms with E-state index >= 15 is 0 Å². The second-order valence-corrected chi connectivity index (χ2v) is 10.7. The van der Waals surface area contributed by atoms with E-state index in [1.165, 1.54) is 0 Å². The molecule has 2 amide bonds. The molecule has 1 aliphatic carbocycles. The fourth-order valence-electron chi connectivity index (χ4n) is 5.66. The van der Waals surface area contributed by atoms with Crippen molar-refractivity contribution in [1.82, 2.24) is 29.3 Å². The van der Waals surface area contributed by atoms with Crippen molar-refractivity contribution in [3.8, 4) is 0 Å². The number of likely N-dealkylation sites (N-methyl/N-ethyl adjacent to an activating group) is 1. The predicted molar refractivity (Wildman–Crippen MR) is 149 cm³/mol. The Kier molecular flexibility index (Phi) is 7.60. The number of pyridine rings is 1. The van der Waals surface area contributed by atoms with Crippen LogP contribution in [0.5, 0.6) is 0 Å². The molecular weight excluding hydrogens is 480 g/mol. The maximum Gasteiger partial charge on any atom is 0.270 e. The van der Waals surface area contributed by atoms with Crippen molar-refractivity contribution in [3.63, 3.8) is 0 Å². The highest BCUT2D eigenvalue weighted by molar-refractivity contribution is 5.98. The first-order chi connectivity index (χ1) is 18.4. The van der Waals surface area contributed by atoms with Gasteiger partial charge in [-0.2, -0.15) is 4.98 Å². The van der Waals surface area contributed by atoms with Crippen LogP contribution < -0.4 is 10.2 Å². The molecule has 2 fully saturated rings. The van der Waals surface area contributed by atoms with Gasteiger partial charge < -0.3 is 24.6 Å². The van der Waals surface area contributed by atoms with Gasteiger partial charge in [-0.3, -0.25) is 9.59 Å². The topological polar surface area (TPSA) is 99.5 Å². The molecule has 0 spiro atoms. The molecule has 3 aromatic rings. The minimum absolute atomic E-state index is 0.0305. The van der Waals surface area contributed by atoms with E-state index in [4.69, 9.17) is 4.98 Å². The van der Waals surface area contributed by atoms with Crippen LogP contribution in [-0.4, -0.2) is 81.4 Å². The van der Waals surface area contributed by atoms with E-state index in [0.29, 0.717) is 36.5 Å². The molecule has 38 heavy (non-hydrogen) atoms. The Balaban J connectivity index is 1.39. The van der Waals surface area contributed by atoms with Crippen LogP contribution in [-0.2, 0) is 4.79 Å². The highest BCUT2D eigenvalue weighted by Crippen LogP contribution is 2.35. The Morgan fingerprint density at radius 3 is 2.63 bits per heavy atom. The van der Waals surface area contributed by atoms with Gasteiger partial charge in [0.1, 0.15) is 17.2 Å². The van der Waals surface area contributed by atoms with Crippen LogP contribution in [0, 0.1) is 0 Å². The average Bonchev–Trinajstić information content (AvgIpc) is 3.54. The number of aromatic nitrogens is 4. The molecule has 0 radical (unpaired) electrons. The fraction of sp³-hybridized carbons (Fsp3) is 0.536. The summed E-state index contributed by atoms with van der Waals surface area (Å²) in [5, 5.41) is 4.06. The summed E-state index contributed by atoms with van der Waals surface area (Å²) in [5.41, 5.74) is 2.22. The standard InChI is InChI=1S/C28H38N8O2/c1-5-8-22-18-35(25(37)13-14-34(22)4)21-11-12-24(29-17-21)31-28-30-16-19-15-23(27(38)33(2)3)36(26(19)32-28)20-9-6-7-10-20/h11-12,15-17,20,22H,5-10,13-14,18H2,1-4H3,(H,29,30,31,32)/t22-/m1/s1. The van der Waals surface area contributed by atoms with Gasteiger partial charge in [-0.1, -0.05) is 26.2 Å². The molecule has 0 bridgehead atoms. The number of amides is 2. The molecule has 1 aliphatic heterocycles. The van der Waals surface area contributed by atoms with Gasteiger partial charge in [0, 0.05) is 57.3 Å². The highest BCUT2D eigenvalue weighted by atomic mass is 16.2. The quantitative estimate of drug-likeness (QED) is 0.500. The van der Waals surface area contributed by atoms with Crippen molar-refractivity contribution in [2.45, 2.75) is 64.0 Å². The van der Waals surface area contributed by atoms with Crippen LogP contribution in [0.1, 0.15) is 68.4 Å². The summed E-state index contributed by atoms with van der Waals surface area (Å²) >= 11 is 0. The van der Waals surface area contributed by atoms with Gasteiger partial charge in [-0.25, -0.2) is 9.97 Å². The summed E-state index contributed by atoms with van der Waals surface area (Å²) in [6, 6.07) is 6.28. The Hall–Kier alpha value is -3.53. The molecule has 2 aliphatic rings. The van der Waals surface area contributed by atoms with Crippen molar-refractivity contribution in [3.05, 3.63) is 36.3 Å². The van der Waals surface area contributed by atoms with E-state index in [2.05, 4.69) is 38.7 Å². The Morgan fingerprint density at radius 1 is 1.16 bits per heavy atom. The van der Waals surface area contributed by atoms with E-state index in [-0.39, 0.29) is 17.9 Å². The van der Waals surface area contributed by atoms with Gasteiger partial charge in [0.2, 0.25) is 11.9 Å². The normalized spacial score (nSPS) is 19.2. The first kappa shape index (κ1) is 26.1. The van der Waals surface area contributed by atoms with Gasteiger partial charge in [0.25, 0.3) is 5.91 Å². The Morgan fingerprint density at radius 2 is 1.95 bits per heavy atom. The number of carbonyl (C=O) groups is 2. The number of rotatable bonds is 7. The number of carbonyl (C=O) groups excluding carboxylic acids is 2. The SMILES string of the molecule is CCC[C@@H]1CN(c2ccc(Nc3ncc4cc(C(=O)N(C)C)n(C5CCCC5)c4n3)nc2)C(=O)CCN1C. The summed E-state index contributed by atoms with van der Waals surface area (Å²) in [7, 11) is 5.64. The van der Waals surface area contributed by atoms with E-state index in [0.717, 1.165) is 61.8 Å². The van der Waals surface area contributed by atoms with Gasteiger partial charge in [-0.15, -0.1) is 0 Å². The summed E-state index contributed by atoms with van der Waals surface area (Å²) in [4.78, 5) is 45.4. The van der Waals surface area contributed by atoms with Crippen LogP contribution in [0.3, 0.4) is 0 Å². The van der Waals surface area contributed by atoms with Gasteiger partial charge >= 0.3 is 0 Å². The summed E-state index contributed by atoms with van der Waals surface area (Å²) in [6.07, 6.45) is 10.5. The lowest BCUT2D eigenvalue weighted by atomic mass is 10.1. The van der Waals surface area contributed by atoms with Crippen LogP contribution in [0.4, 0.5) is 17.5 Å². The van der Waals surface area contributed by atoms with E-state index in [1.54, 1.807) is 31.4 Å². The average molecular weight is 519 g/mol. The largest absolute Gasteiger partial charge is 0.343 e. The minimum Gasteiger partial charge on any atom is -0.343 e. The molecule has 5 rings (SSSR count). The smallest absolute Gasteiger partial charge is 0.270 e. The van der Waals surface area contributed by atoms with Crippen molar-refractivity contribution in [2.24, 2.45) is 0 Å². The number of nitrogens with one attached hydrogen (secondary N) is 1. The molecule has 1 saturated heterocycles. The maximum atomic E-state index is 12.9. The number of fused-ring (bicyclic) bond motifs is 1. The zero-order valence-electron chi connectivity index (χ0n) is 22.9. The number of anilines is 3. The fourth-order valence-corrected chi connectivity index (χ4v) is 5.66. The van der Waals surface area contributed by atoms with Crippen molar-refractivity contribution >= 4 is 40.3 Å². The lowest BCUT2D eigenvalue weighted by Gasteiger charge is -2.28. The molecule has 1 atom stereocenters. The maximum absolute atomic E-state index is 12.9. The molecule has 10 nitrogen and oxygen atoms in total. The second kappa shape index (κ2) is 11.1. The number of hydrogen-bond acceptors (Lipinski definition) is 7.